The molecule has 1 amide bonds. The Kier molecular flexibility index (Phi) is 4.60. The van der Waals surface area contributed by atoms with Gasteiger partial charge in [-0.25, -0.2) is 4.39 Å². The van der Waals surface area contributed by atoms with Crippen molar-refractivity contribution in [2.75, 3.05) is 32.5 Å². The average molecular weight is 280 g/mol. The van der Waals surface area contributed by atoms with Gasteiger partial charge in [0, 0.05) is 43.6 Å². The molecule has 0 unspecified atom stereocenters. The minimum atomic E-state index is -0.437. The molecule has 1 aromatic carbocycles. The highest BCUT2D eigenvalue weighted by molar-refractivity contribution is 5.95. The van der Waals surface area contributed by atoms with E-state index < -0.39 is 5.82 Å². The molecule has 1 fully saturated rings. The Labute approximate surface area is 118 Å². The van der Waals surface area contributed by atoms with Crippen molar-refractivity contribution in [2.45, 2.75) is 19.8 Å². The third-order valence-electron chi connectivity index (χ3n) is 3.85. The summed E-state index contributed by atoms with van der Waals surface area (Å²) in [6.07, 6.45) is 1.92. The number of hydrogen-bond donors (Lipinski definition) is 1. The van der Waals surface area contributed by atoms with E-state index in [1.54, 1.807) is 24.9 Å². The van der Waals surface area contributed by atoms with Crippen molar-refractivity contribution in [3.05, 3.63) is 29.1 Å². The molecule has 0 bridgehead atoms. The van der Waals surface area contributed by atoms with E-state index >= 15 is 0 Å². The third-order valence-corrected chi connectivity index (χ3v) is 3.85. The van der Waals surface area contributed by atoms with E-state index in [0.717, 1.165) is 26.1 Å². The molecule has 4 nitrogen and oxygen atoms in total. The van der Waals surface area contributed by atoms with Gasteiger partial charge in [-0.15, -0.1) is 0 Å². The van der Waals surface area contributed by atoms with Crippen LogP contribution in [0.1, 0.15) is 28.8 Å². The van der Waals surface area contributed by atoms with E-state index in [4.69, 9.17) is 10.5 Å². The second-order valence-corrected chi connectivity index (χ2v) is 5.41. The summed E-state index contributed by atoms with van der Waals surface area (Å²) >= 11 is 0. The van der Waals surface area contributed by atoms with E-state index in [1.165, 1.54) is 6.07 Å². The van der Waals surface area contributed by atoms with Crippen molar-refractivity contribution in [1.82, 2.24) is 4.90 Å². The van der Waals surface area contributed by atoms with Crippen LogP contribution >= 0.6 is 0 Å². The second-order valence-electron chi connectivity index (χ2n) is 5.41. The molecule has 0 aromatic heterocycles. The number of amides is 1. The topological polar surface area (TPSA) is 55.6 Å². The summed E-state index contributed by atoms with van der Waals surface area (Å²) in [6, 6.07) is 2.80. The summed E-state index contributed by atoms with van der Waals surface area (Å²) in [5.74, 6) is -0.180. The van der Waals surface area contributed by atoms with Crippen LogP contribution in [-0.2, 0) is 4.74 Å². The van der Waals surface area contributed by atoms with Gasteiger partial charge in [0.15, 0.2) is 0 Å². The van der Waals surface area contributed by atoms with Gasteiger partial charge in [-0.2, -0.15) is 0 Å². The Morgan fingerprint density at radius 2 is 2.10 bits per heavy atom. The second kappa shape index (κ2) is 6.22. The van der Waals surface area contributed by atoms with Crippen LogP contribution in [0.5, 0.6) is 0 Å². The average Bonchev–Trinajstić information content (AvgIpc) is 2.44. The Balaban J connectivity index is 2.06. The maximum absolute atomic E-state index is 13.7. The first-order valence-electron chi connectivity index (χ1n) is 6.88. The van der Waals surface area contributed by atoms with Crippen molar-refractivity contribution in [3.63, 3.8) is 0 Å². The van der Waals surface area contributed by atoms with Gasteiger partial charge in [0.2, 0.25) is 0 Å². The number of nitrogens with two attached hydrogens (primary N) is 1. The largest absolute Gasteiger partial charge is 0.398 e. The highest BCUT2D eigenvalue weighted by atomic mass is 19.1. The smallest absolute Gasteiger partial charge is 0.253 e. The van der Waals surface area contributed by atoms with Crippen LogP contribution in [0.3, 0.4) is 0 Å². The maximum Gasteiger partial charge on any atom is 0.253 e. The zero-order valence-electron chi connectivity index (χ0n) is 12.0. The molecule has 1 saturated heterocycles. The third kappa shape index (κ3) is 3.28. The van der Waals surface area contributed by atoms with E-state index in [-0.39, 0.29) is 5.91 Å². The first kappa shape index (κ1) is 14.8. The van der Waals surface area contributed by atoms with Gasteiger partial charge >= 0.3 is 0 Å². The fraction of sp³-hybridized carbons (Fsp3) is 0.533. The monoisotopic (exact) mass is 280 g/mol. The molecule has 1 aromatic rings. The van der Waals surface area contributed by atoms with E-state index in [1.807, 2.05) is 0 Å². The number of nitrogen functional groups attached to an aromatic ring is 1. The summed E-state index contributed by atoms with van der Waals surface area (Å²) in [4.78, 5) is 13.9. The van der Waals surface area contributed by atoms with Crippen molar-refractivity contribution in [2.24, 2.45) is 5.92 Å². The van der Waals surface area contributed by atoms with E-state index in [2.05, 4.69) is 0 Å². The highest BCUT2D eigenvalue weighted by Crippen LogP contribution is 2.20. The Morgan fingerprint density at radius 3 is 2.70 bits per heavy atom. The van der Waals surface area contributed by atoms with Crippen LogP contribution in [0, 0.1) is 18.7 Å². The molecule has 0 aliphatic carbocycles. The number of anilines is 1. The van der Waals surface area contributed by atoms with Crippen molar-refractivity contribution < 1.29 is 13.9 Å². The minimum Gasteiger partial charge on any atom is -0.398 e. The molecule has 0 radical (unpaired) electrons. The molecule has 5 heteroatoms. The van der Waals surface area contributed by atoms with Crippen molar-refractivity contribution >= 4 is 11.6 Å². The summed E-state index contributed by atoms with van der Waals surface area (Å²) in [5, 5.41) is 0. The SMILES string of the molecule is Cc1c(N)cc(C(=O)N(C)CC2CCOCC2)cc1F. The molecule has 0 atom stereocenters. The van der Waals surface area contributed by atoms with Crippen molar-refractivity contribution in [1.29, 1.82) is 0 Å². The molecule has 20 heavy (non-hydrogen) atoms. The molecule has 110 valence electrons. The molecular formula is C15H21FN2O2. The van der Waals surface area contributed by atoms with Crippen LogP contribution in [0.2, 0.25) is 0 Å². The minimum absolute atomic E-state index is 0.193. The molecule has 2 N–H and O–H groups in total. The lowest BCUT2D eigenvalue weighted by Gasteiger charge is -2.27. The Morgan fingerprint density at radius 1 is 1.45 bits per heavy atom. The number of hydrogen-bond acceptors (Lipinski definition) is 3. The predicted octanol–water partition coefficient (Wildman–Crippen LogP) is 2.21. The molecule has 2 rings (SSSR count). The first-order valence-corrected chi connectivity index (χ1v) is 6.88. The van der Waals surface area contributed by atoms with E-state index in [0.29, 0.717) is 29.3 Å². The number of nitrogens with zero attached hydrogens (tertiary/aromatic N) is 1. The Bertz CT molecular complexity index is 476. The zero-order valence-corrected chi connectivity index (χ0v) is 12.0. The lowest BCUT2D eigenvalue weighted by atomic mass is 9.99. The molecular weight excluding hydrogens is 259 g/mol. The van der Waals surface area contributed by atoms with Gasteiger partial charge in [-0.1, -0.05) is 0 Å². The van der Waals surface area contributed by atoms with Crippen LogP contribution in [0.25, 0.3) is 0 Å². The summed E-state index contributed by atoms with van der Waals surface area (Å²) < 4.78 is 19.0. The lowest BCUT2D eigenvalue weighted by molar-refractivity contribution is 0.0497. The van der Waals surface area contributed by atoms with Gasteiger partial charge in [-0.05, 0) is 37.8 Å². The molecule has 0 saturated carbocycles. The lowest BCUT2D eigenvalue weighted by Crippen LogP contribution is -2.34. The van der Waals surface area contributed by atoms with Crippen LogP contribution in [0.15, 0.2) is 12.1 Å². The number of benzene rings is 1. The molecule has 1 heterocycles. The van der Waals surface area contributed by atoms with Gasteiger partial charge < -0.3 is 15.4 Å². The predicted molar refractivity (Wildman–Crippen MR) is 76.1 cm³/mol. The number of carbonyl (C=O) groups excluding carboxylic acids is 1. The number of halogens is 1. The van der Waals surface area contributed by atoms with Gasteiger partial charge in [0.25, 0.3) is 5.91 Å². The summed E-state index contributed by atoms with van der Waals surface area (Å²) in [6.45, 7) is 3.76. The van der Waals surface area contributed by atoms with Gasteiger partial charge in [0.05, 0.1) is 0 Å². The maximum atomic E-state index is 13.7. The fourth-order valence-electron chi connectivity index (χ4n) is 2.44. The van der Waals surface area contributed by atoms with Crippen LogP contribution < -0.4 is 5.73 Å². The van der Waals surface area contributed by atoms with E-state index in [9.17, 15) is 9.18 Å². The van der Waals surface area contributed by atoms with Gasteiger partial charge in [0.1, 0.15) is 5.82 Å². The number of carbonyl (C=O) groups is 1. The first-order chi connectivity index (χ1) is 9.49. The van der Waals surface area contributed by atoms with Crippen molar-refractivity contribution in [3.8, 4) is 0 Å². The molecule has 1 aliphatic rings. The summed E-state index contributed by atoms with van der Waals surface area (Å²) in [5.41, 5.74) is 6.72. The summed E-state index contributed by atoms with van der Waals surface area (Å²) in [7, 11) is 1.74. The zero-order chi connectivity index (χ0) is 14.7. The fourth-order valence-corrected chi connectivity index (χ4v) is 2.44. The highest BCUT2D eigenvalue weighted by Gasteiger charge is 2.20. The molecule has 1 aliphatic heterocycles. The quantitative estimate of drug-likeness (QED) is 0.864. The standard InChI is InChI=1S/C15H21FN2O2/c1-10-13(16)7-12(8-14(10)17)15(19)18(2)9-11-3-5-20-6-4-11/h7-8,11H,3-6,9,17H2,1-2H3. The number of rotatable bonds is 3. The van der Waals surface area contributed by atoms with Crippen LogP contribution in [0.4, 0.5) is 10.1 Å². The molecule has 0 spiro atoms. The number of ether oxygens (including phenoxy) is 1. The Hall–Kier alpha value is -1.62. The van der Waals surface area contributed by atoms with Gasteiger partial charge in [-0.3, -0.25) is 4.79 Å². The normalized spacial score (nSPS) is 16.1. The van der Waals surface area contributed by atoms with Crippen LogP contribution in [-0.4, -0.2) is 37.6 Å².